The van der Waals surface area contributed by atoms with Gasteiger partial charge in [0.1, 0.15) is 24.7 Å². The smallest absolute Gasteiger partial charge is 0.245 e. The van der Waals surface area contributed by atoms with E-state index in [1.54, 1.807) is 0 Å². The van der Waals surface area contributed by atoms with E-state index in [1.165, 1.54) is 24.4 Å². The Hall–Kier alpha value is -1.44. The standard InChI is InChI=1S/C11H11ClFN3O2S/c12-9-3-7(13)1-2-10(9)14-4-8(17)6-18-11-5-15-19-16-11/h1-3,5,8,14,17H,4,6H2. The fourth-order valence-corrected chi connectivity index (χ4v) is 1.92. The first kappa shape index (κ1) is 14.0. The summed E-state index contributed by atoms with van der Waals surface area (Å²) < 4.78 is 25.6. The van der Waals surface area contributed by atoms with E-state index >= 15 is 0 Å². The Bertz CT molecular complexity index is 527. The molecule has 0 aliphatic carbocycles. The molecule has 0 spiro atoms. The molecule has 1 aromatic heterocycles. The van der Waals surface area contributed by atoms with Gasteiger partial charge in [-0.3, -0.25) is 0 Å². The average molecular weight is 304 g/mol. The molecule has 0 bridgehead atoms. The molecule has 2 aromatic rings. The van der Waals surface area contributed by atoms with Crippen molar-refractivity contribution >= 4 is 29.0 Å². The van der Waals surface area contributed by atoms with Gasteiger partial charge in [-0.05, 0) is 18.2 Å². The van der Waals surface area contributed by atoms with Gasteiger partial charge in [0.2, 0.25) is 5.88 Å². The van der Waals surface area contributed by atoms with Crippen LogP contribution in [0.15, 0.2) is 24.4 Å². The van der Waals surface area contributed by atoms with E-state index in [2.05, 4.69) is 14.1 Å². The van der Waals surface area contributed by atoms with Crippen molar-refractivity contribution in [3.63, 3.8) is 0 Å². The highest BCUT2D eigenvalue weighted by Gasteiger charge is 2.08. The lowest BCUT2D eigenvalue weighted by Gasteiger charge is -2.13. The zero-order valence-electron chi connectivity index (χ0n) is 9.72. The van der Waals surface area contributed by atoms with Crippen molar-refractivity contribution in [2.45, 2.75) is 6.10 Å². The molecule has 19 heavy (non-hydrogen) atoms. The van der Waals surface area contributed by atoms with Gasteiger partial charge in [-0.25, -0.2) is 4.39 Å². The zero-order valence-corrected chi connectivity index (χ0v) is 11.3. The third-order valence-electron chi connectivity index (χ3n) is 2.22. The van der Waals surface area contributed by atoms with E-state index in [4.69, 9.17) is 16.3 Å². The number of anilines is 1. The lowest BCUT2D eigenvalue weighted by molar-refractivity contribution is 0.115. The minimum absolute atomic E-state index is 0.0806. The first-order valence-corrected chi connectivity index (χ1v) is 6.53. The number of halogens is 2. The predicted octanol–water partition coefficient (Wildman–Crippen LogP) is 2.18. The molecule has 102 valence electrons. The molecule has 0 aliphatic rings. The summed E-state index contributed by atoms with van der Waals surface area (Å²) in [6, 6.07) is 4.00. The quantitative estimate of drug-likeness (QED) is 0.856. The fourth-order valence-electron chi connectivity index (χ4n) is 1.32. The molecule has 1 aromatic carbocycles. The van der Waals surface area contributed by atoms with Crippen molar-refractivity contribution in [3.05, 3.63) is 35.2 Å². The Kier molecular flexibility index (Phi) is 4.89. The number of aliphatic hydroxyl groups is 1. The number of ether oxygens (including phenoxy) is 1. The van der Waals surface area contributed by atoms with Crippen LogP contribution >= 0.6 is 23.3 Å². The minimum atomic E-state index is -0.747. The summed E-state index contributed by atoms with van der Waals surface area (Å²) in [5, 5.41) is 12.9. The van der Waals surface area contributed by atoms with Crippen molar-refractivity contribution in [2.75, 3.05) is 18.5 Å². The molecule has 1 unspecified atom stereocenters. The Morgan fingerprint density at radius 3 is 3.05 bits per heavy atom. The Balaban J connectivity index is 1.78. The van der Waals surface area contributed by atoms with Crippen LogP contribution in [0.5, 0.6) is 5.88 Å². The summed E-state index contributed by atoms with van der Waals surface area (Å²) in [4.78, 5) is 0. The van der Waals surface area contributed by atoms with Crippen LogP contribution in [0.3, 0.4) is 0 Å². The molecular formula is C11H11ClFN3O2S. The highest BCUT2D eigenvalue weighted by Crippen LogP contribution is 2.22. The minimum Gasteiger partial charge on any atom is -0.473 e. The first-order valence-electron chi connectivity index (χ1n) is 5.42. The summed E-state index contributed by atoms with van der Waals surface area (Å²) in [6.45, 7) is 0.306. The SMILES string of the molecule is OC(CNc1ccc(F)cc1Cl)COc1cnsn1. The Morgan fingerprint density at radius 1 is 1.53 bits per heavy atom. The van der Waals surface area contributed by atoms with Crippen molar-refractivity contribution in [3.8, 4) is 5.88 Å². The van der Waals surface area contributed by atoms with Crippen LogP contribution < -0.4 is 10.1 Å². The summed E-state index contributed by atoms with van der Waals surface area (Å²) >= 11 is 6.87. The number of hydrogen-bond donors (Lipinski definition) is 2. The van der Waals surface area contributed by atoms with Gasteiger partial charge in [0, 0.05) is 6.54 Å². The predicted molar refractivity (Wildman–Crippen MR) is 71.3 cm³/mol. The second kappa shape index (κ2) is 6.65. The number of rotatable bonds is 6. The maximum atomic E-state index is 12.8. The van der Waals surface area contributed by atoms with Gasteiger partial charge in [-0.2, -0.15) is 4.37 Å². The van der Waals surface area contributed by atoms with Gasteiger partial charge in [0.15, 0.2) is 0 Å². The van der Waals surface area contributed by atoms with Gasteiger partial charge in [-0.1, -0.05) is 11.6 Å². The summed E-state index contributed by atoms with van der Waals surface area (Å²) in [5.41, 5.74) is 0.553. The van der Waals surface area contributed by atoms with Gasteiger partial charge >= 0.3 is 0 Å². The molecule has 2 rings (SSSR count). The number of aliphatic hydroxyl groups excluding tert-OH is 1. The van der Waals surface area contributed by atoms with Crippen LogP contribution in [0.25, 0.3) is 0 Å². The van der Waals surface area contributed by atoms with E-state index in [0.717, 1.165) is 11.7 Å². The van der Waals surface area contributed by atoms with Gasteiger partial charge in [0.05, 0.1) is 22.4 Å². The van der Waals surface area contributed by atoms with E-state index in [-0.39, 0.29) is 18.2 Å². The molecule has 0 aliphatic heterocycles. The number of nitrogens with zero attached hydrogens (tertiary/aromatic N) is 2. The first-order chi connectivity index (χ1) is 9.15. The van der Waals surface area contributed by atoms with E-state index in [9.17, 15) is 9.50 Å². The maximum Gasteiger partial charge on any atom is 0.245 e. The summed E-state index contributed by atoms with van der Waals surface area (Å²) in [7, 11) is 0. The zero-order chi connectivity index (χ0) is 13.7. The van der Waals surface area contributed by atoms with Gasteiger partial charge in [0.25, 0.3) is 0 Å². The van der Waals surface area contributed by atoms with Crippen LogP contribution in [0.1, 0.15) is 0 Å². The largest absolute Gasteiger partial charge is 0.473 e. The molecule has 2 N–H and O–H groups in total. The van der Waals surface area contributed by atoms with Crippen LogP contribution in [-0.2, 0) is 0 Å². The van der Waals surface area contributed by atoms with E-state index < -0.39 is 11.9 Å². The highest BCUT2D eigenvalue weighted by molar-refractivity contribution is 6.99. The molecular weight excluding hydrogens is 293 g/mol. The van der Waals surface area contributed by atoms with Crippen molar-refractivity contribution in [1.29, 1.82) is 0 Å². The molecule has 0 radical (unpaired) electrons. The lowest BCUT2D eigenvalue weighted by atomic mass is 10.3. The average Bonchev–Trinajstić information content (AvgIpc) is 2.88. The number of nitrogens with one attached hydrogen (secondary N) is 1. The topological polar surface area (TPSA) is 67.3 Å². The Morgan fingerprint density at radius 2 is 2.37 bits per heavy atom. The van der Waals surface area contributed by atoms with Crippen LogP contribution in [0.2, 0.25) is 5.02 Å². The molecule has 0 amide bonds. The third-order valence-corrected chi connectivity index (χ3v) is 3.00. The normalized spacial score (nSPS) is 12.2. The van der Waals surface area contributed by atoms with Crippen molar-refractivity contribution in [1.82, 2.24) is 8.75 Å². The molecule has 0 saturated carbocycles. The summed E-state index contributed by atoms with van der Waals surface area (Å²) in [6.07, 6.45) is 0.726. The molecule has 1 atom stereocenters. The van der Waals surface area contributed by atoms with E-state index in [0.29, 0.717) is 11.6 Å². The Labute approximate surface area is 118 Å². The lowest BCUT2D eigenvalue weighted by Crippen LogP contribution is -2.26. The van der Waals surface area contributed by atoms with Gasteiger partial charge < -0.3 is 15.2 Å². The van der Waals surface area contributed by atoms with E-state index in [1.807, 2.05) is 0 Å². The molecule has 5 nitrogen and oxygen atoms in total. The van der Waals surface area contributed by atoms with Crippen LogP contribution in [-0.4, -0.2) is 33.1 Å². The number of benzene rings is 1. The second-order valence-corrected chi connectivity index (χ2v) is 4.68. The monoisotopic (exact) mass is 303 g/mol. The maximum absolute atomic E-state index is 12.8. The number of aromatic nitrogens is 2. The van der Waals surface area contributed by atoms with Crippen LogP contribution in [0.4, 0.5) is 10.1 Å². The molecule has 0 fully saturated rings. The van der Waals surface area contributed by atoms with Crippen LogP contribution in [0, 0.1) is 5.82 Å². The molecule has 1 heterocycles. The fraction of sp³-hybridized carbons (Fsp3) is 0.273. The van der Waals surface area contributed by atoms with Crippen molar-refractivity contribution in [2.24, 2.45) is 0 Å². The van der Waals surface area contributed by atoms with Gasteiger partial charge in [-0.15, -0.1) is 4.37 Å². The molecule has 8 heteroatoms. The van der Waals surface area contributed by atoms with Crippen molar-refractivity contribution < 1.29 is 14.2 Å². The third kappa shape index (κ3) is 4.30. The highest BCUT2D eigenvalue weighted by atomic mass is 35.5. The second-order valence-electron chi connectivity index (χ2n) is 3.72. The molecule has 0 saturated heterocycles. The number of hydrogen-bond acceptors (Lipinski definition) is 6. The summed E-state index contributed by atoms with van der Waals surface area (Å²) in [5.74, 6) is -0.0284.